The number of hydrogen-bond acceptors (Lipinski definition) is 4. The van der Waals surface area contributed by atoms with Gasteiger partial charge in [0.2, 0.25) is 0 Å². The van der Waals surface area contributed by atoms with E-state index in [2.05, 4.69) is 31.1 Å². The van der Waals surface area contributed by atoms with Crippen molar-refractivity contribution < 1.29 is 9.90 Å². The summed E-state index contributed by atoms with van der Waals surface area (Å²) < 4.78 is 1.27. The molecule has 0 aliphatic heterocycles. The van der Waals surface area contributed by atoms with E-state index in [1.165, 1.54) is 40.2 Å². The molecule has 0 atom stereocenters. The Morgan fingerprint density at radius 2 is 1.65 bits per heavy atom. The first-order valence-corrected chi connectivity index (χ1v) is 8.97. The summed E-state index contributed by atoms with van der Waals surface area (Å²) in [5.41, 5.74) is 1.69. The van der Waals surface area contributed by atoms with Crippen LogP contribution in [0.25, 0.3) is 5.69 Å². The van der Waals surface area contributed by atoms with E-state index in [1.807, 2.05) is 12.1 Å². The maximum Gasteiger partial charge on any atom is 0.335 e. The zero-order chi connectivity index (χ0) is 18.7. The maximum absolute atomic E-state index is 12.1. The molecule has 1 N–H and O–H groups in total. The highest BCUT2D eigenvalue weighted by Crippen LogP contribution is 2.27. The molecule has 0 radical (unpaired) electrons. The monoisotopic (exact) mass is 366 g/mol. The molecule has 3 rings (SSSR count). The summed E-state index contributed by atoms with van der Waals surface area (Å²) in [6, 6.07) is 17.5. The predicted octanol–water partition coefficient (Wildman–Crippen LogP) is 4.21. The van der Waals surface area contributed by atoms with Crippen molar-refractivity contribution in [1.29, 1.82) is 0 Å². The number of aromatic nitrogens is 2. The standard InChI is InChI=1S/C20H18N2O3S/c1-13(2)14-5-9-17(10-6-14)26-18-11-12-19(23)22(21-18)16-7-3-15(4-8-16)20(24)25/h3-13H,1-2H3,(H,24,25). The van der Waals surface area contributed by atoms with E-state index in [4.69, 9.17) is 5.11 Å². The summed E-state index contributed by atoms with van der Waals surface area (Å²) >= 11 is 1.47. The minimum atomic E-state index is -1.01. The van der Waals surface area contributed by atoms with E-state index in [0.29, 0.717) is 16.6 Å². The highest BCUT2D eigenvalue weighted by atomic mass is 32.2. The first-order valence-electron chi connectivity index (χ1n) is 8.16. The average Bonchev–Trinajstić information content (AvgIpc) is 2.64. The summed E-state index contributed by atoms with van der Waals surface area (Å²) in [5, 5.41) is 14.0. The van der Waals surface area contributed by atoms with Gasteiger partial charge in [-0.05, 0) is 53.9 Å². The molecule has 0 bridgehead atoms. The number of carboxylic acid groups (broad SMARTS) is 1. The molecule has 0 unspecified atom stereocenters. The fraction of sp³-hybridized carbons (Fsp3) is 0.150. The lowest BCUT2D eigenvalue weighted by atomic mass is 10.0. The molecule has 2 aromatic carbocycles. The fourth-order valence-corrected chi connectivity index (χ4v) is 3.19. The van der Waals surface area contributed by atoms with Gasteiger partial charge in [0.05, 0.1) is 11.3 Å². The number of hydrogen-bond donors (Lipinski definition) is 1. The molecule has 0 saturated carbocycles. The third-order valence-corrected chi connectivity index (χ3v) is 4.84. The highest BCUT2D eigenvalue weighted by molar-refractivity contribution is 7.99. The Hall–Kier alpha value is -2.86. The number of benzene rings is 2. The van der Waals surface area contributed by atoms with Crippen molar-refractivity contribution in [3.05, 3.63) is 82.1 Å². The SMILES string of the molecule is CC(C)c1ccc(Sc2ccc(=O)n(-c3ccc(C(=O)O)cc3)n2)cc1. The summed E-state index contributed by atoms with van der Waals surface area (Å²) in [7, 11) is 0. The first-order chi connectivity index (χ1) is 12.4. The summed E-state index contributed by atoms with van der Waals surface area (Å²) in [4.78, 5) is 24.1. The van der Waals surface area contributed by atoms with Crippen molar-refractivity contribution in [1.82, 2.24) is 9.78 Å². The normalized spacial score (nSPS) is 10.9. The van der Waals surface area contributed by atoms with Gasteiger partial charge in [-0.1, -0.05) is 37.7 Å². The number of rotatable bonds is 5. The van der Waals surface area contributed by atoms with Crippen molar-refractivity contribution in [2.45, 2.75) is 29.7 Å². The average molecular weight is 366 g/mol. The van der Waals surface area contributed by atoms with Crippen LogP contribution >= 0.6 is 11.8 Å². The molecule has 0 amide bonds. The van der Waals surface area contributed by atoms with Gasteiger partial charge in [-0.25, -0.2) is 4.79 Å². The maximum atomic E-state index is 12.1. The van der Waals surface area contributed by atoms with Gasteiger partial charge in [0.1, 0.15) is 5.03 Å². The molecule has 5 nitrogen and oxygen atoms in total. The first kappa shape index (κ1) is 17.9. The van der Waals surface area contributed by atoms with Gasteiger partial charge in [0.15, 0.2) is 0 Å². The van der Waals surface area contributed by atoms with Gasteiger partial charge >= 0.3 is 5.97 Å². The van der Waals surface area contributed by atoms with Crippen molar-refractivity contribution in [3.63, 3.8) is 0 Å². The Morgan fingerprint density at radius 1 is 1.00 bits per heavy atom. The topological polar surface area (TPSA) is 72.2 Å². The van der Waals surface area contributed by atoms with Crippen LogP contribution in [0, 0.1) is 0 Å². The molecule has 26 heavy (non-hydrogen) atoms. The second kappa shape index (κ2) is 7.58. The third-order valence-electron chi connectivity index (χ3n) is 3.90. The lowest BCUT2D eigenvalue weighted by Crippen LogP contribution is -2.20. The fourth-order valence-electron chi connectivity index (χ4n) is 2.42. The number of aromatic carboxylic acids is 1. The van der Waals surface area contributed by atoms with Crippen LogP contribution in [0.1, 0.15) is 35.7 Å². The van der Waals surface area contributed by atoms with Crippen LogP contribution in [0.5, 0.6) is 0 Å². The van der Waals surface area contributed by atoms with Gasteiger partial charge in [-0.3, -0.25) is 4.79 Å². The van der Waals surface area contributed by atoms with Crippen molar-refractivity contribution in [3.8, 4) is 5.69 Å². The second-order valence-corrected chi connectivity index (χ2v) is 7.19. The Balaban J connectivity index is 1.87. The van der Waals surface area contributed by atoms with Gasteiger partial charge in [0, 0.05) is 11.0 Å². The molecule has 0 fully saturated rings. The lowest BCUT2D eigenvalue weighted by Gasteiger charge is -2.08. The largest absolute Gasteiger partial charge is 0.478 e. The Kier molecular flexibility index (Phi) is 5.23. The van der Waals surface area contributed by atoms with Crippen LogP contribution < -0.4 is 5.56 Å². The molecular formula is C20H18N2O3S. The lowest BCUT2D eigenvalue weighted by molar-refractivity contribution is 0.0697. The van der Waals surface area contributed by atoms with Crippen LogP contribution in [0.3, 0.4) is 0 Å². The number of carboxylic acids is 1. The predicted molar refractivity (Wildman–Crippen MR) is 101 cm³/mol. The molecule has 1 aromatic heterocycles. The Morgan fingerprint density at radius 3 is 2.23 bits per heavy atom. The minimum Gasteiger partial charge on any atom is -0.478 e. The number of nitrogens with zero attached hydrogens (tertiary/aromatic N) is 2. The zero-order valence-corrected chi connectivity index (χ0v) is 15.2. The van der Waals surface area contributed by atoms with Crippen LogP contribution in [0.2, 0.25) is 0 Å². The minimum absolute atomic E-state index is 0.164. The van der Waals surface area contributed by atoms with Crippen molar-refractivity contribution in [2.75, 3.05) is 0 Å². The summed E-state index contributed by atoms with van der Waals surface area (Å²) in [6.45, 7) is 4.30. The van der Waals surface area contributed by atoms with E-state index in [9.17, 15) is 9.59 Å². The smallest absolute Gasteiger partial charge is 0.335 e. The molecule has 6 heteroatoms. The zero-order valence-electron chi connectivity index (χ0n) is 14.4. The second-order valence-electron chi connectivity index (χ2n) is 6.10. The molecule has 132 valence electrons. The van der Waals surface area contributed by atoms with Gasteiger partial charge < -0.3 is 5.11 Å². The van der Waals surface area contributed by atoms with Crippen LogP contribution in [-0.2, 0) is 0 Å². The highest BCUT2D eigenvalue weighted by Gasteiger charge is 2.08. The van der Waals surface area contributed by atoms with E-state index in [-0.39, 0.29) is 11.1 Å². The molecule has 3 aromatic rings. The summed E-state index contributed by atoms with van der Waals surface area (Å²) in [6.07, 6.45) is 0. The van der Waals surface area contributed by atoms with Crippen molar-refractivity contribution in [2.24, 2.45) is 0 Å². The van der Waals surface area contributed by atoms with Crippen LogP contribution in [0.15, 0.2) is 75.4 Å². The van der Waals surface area contributed by atoms with E-state index >= 15 is 0 Å². The van der Waals surface area contributed by atoms with Gasteiger partial charge in [-0.15, -0.1) is 0 Å². The molecule has 0 aliphatic rings. The molecule has 0 spiro atoms. The Labute approximate surface area is 155 Å². The molecular weight excluding hydrogens is 348 g/mol. The summed E-state index contributed by atoms with van der Waals surface area (Å²) in [5.74, 6) is -0.533. The third kappa shape index (κ3) is 4.03. The van der Waals surface area contributed by atoms with Gasteiger partial charge in [0.25, 0.3) is 5.56 Å². The Bertz CT molecular complexity index is 977. The van der Waals surface area contributed by atoms with Crippen molar-refractivity contribution >= 4 is 17.7 Å². The van der Waals surface area contributed by atoms with Gasteiger partial charge in [-0.2, -0.15) is 9.78 Å². The molecule has 0 saturated heterocycles. The quantitative estimate of drug-likeness (QED) is 0.732. The molecule has 0 aliphatic carbocycles. The number of carbonyl (C=O) groups is 1. The van der Waals surface area contributed by atoms with Crippen LogP contribution in [-0.4, -0.2) is 20.9 Å². The molecule has 1 heterocycles. The van der Waals surface area contributed by atoms with E-state index in [0.717, 1.165) is 4.90 Å². The van der Waals surface area contributed by atoms with E-state index in [1.54, 1.807) is 18.2 Å². The van der Waals surface area contributed by atoms with E-state index < -0.39 is 5.97 Å². The van der Waals surface area contributed by atoms with Crippen LogP contribution in [0.4, 0.5) is 0 Å².